The fourth-order valence-corrected chi connectivity index (χ4v) is 2.32. The molecule has 0 unspecified atom stereocenters. The Morgan fingerprint density at radius 1 is 1.25 bits per heavy atom. The number of nitrogens with zero attached hydrogens (tertiary/aromatic N) is 2. The van der Waals surface area contributed by atoms with Crippen LogP contribution in [0.4, 0.5) is 4.39 Å². The molecule has 110 valence electrons. The van der Waals surface area contributed by atoms with Crippen LogP contribution in [0.3, 0.4) is 0 Å². The summed E-state index contributed by atoms with van der Waals surface area (Å²) in [6, 6.07) is 7.47. The molecule has 0 amide bonds. The van der Waals surface area contributed by atoms with E-state index < -0.39 is 0 Å². The van der Waals surface area contributed by atoms with Crippen molar-refractivity contribution in [1.29, 1.82) is 5.26 Å². The monoisotopic (exact) mass is 277 g/mol. The van der Waals surface area contributed by atoms with Crippen LogP contribution in [0, 0.1) is 17.1 Å². The first-order valence-corrected chi connectivity index (χ1v) is 7.10. The molecular weight excluding hydrogens is 253 g/mol. The first kappa shape index (κ1) is 16.6. The second kappa shape index (κ2) is 7.98. The molecular formula is C16H24FN3. The van der Waals surface area contributed by atoms with Crippen LogP contribution in [0.25, 0.3) is 0 Å². The van der Waals surface area contributed by atoms with Crippen LogP contribution < -0.4 is 5.32 Å². The molecule has 0 aliphatic rings. The maximum atomic E-state index is 13.6. The smallest absolute Gasteiger partial charge is 0.127 e. The third kappa shape index (κ3) is 4.92. The Morgan fingerprint density at radius 2 is 1.90 bits per heavy atom. The van der Waals surface area contributed by atoms with Gasteiger partial charge < -0.3 is 5.32 Å². The topological polar surface area (TPSA) is 39.1 Å². The minimum absolute atomic E-state index is 0.263. The average Bonchev–Trinajstić information content (AvgIpc) is 2.39. The van der Waals surface area contributed by atoms with Gasteiger partial charge in [0.15, 0.2) is 0 Å². The molecule has 1 aromatic carbocycles. The van der Waals surface area contributed by atoms with Gasteiger partial charge >= 0.3 is 0 Å². The zero-order chi connectivity index (χ0) is 15.1. The molecule has 3 nitrogen and oxygen atoms in total. The lowest BCUT2D eigenvalue weighted by Crippen LogP contribution is -2.41. The summed E-state index contributed by atoms with van der Waals surface area (Å²) >= 11 is 0. The van der Waals surface area contributed by atoms with E-state index in [0.717, 1.165) is 13.1 Å². The summed E-state index contributed by atoms with van der Waals surface area (Å²) in [4.78, 5) is 2.38. The molecule has 0 saturated carbocycles. The second-order valence-electron chi connectivity index (χ2n) is 5.52. The summed E-state index contributed by atoms with van der Waals surface area (Å²) < 4.78 is 13.6. The van der Waals surface area contributed by atoms with Gasteiger partial charge in [-0.15, -0.1) is 0 Å². The lowest BCUT2D eigenvalue weighted by molar-refractivity contribution is 0.175. The minimum Gasteiger partial charge on any atom is -0.311 e. The highest BCUT2D eigenvalue weighted by Crippen LogP contribution is 2.10. The molecule has 20 heavy (non-hydrogen) atoms. The fraction of sp³-hybridized carbons (Fsp3) is 0.562. The molecule has 0 spiro atoms. The SMILES string of the molecule is CC(C)N(CCNCc1cc(C#N)ccc1F)C(C)C. The molecule has 0 heterocycles. The van der Waals surface area contributed by atoms with Crippen LogP contribution in [-0.4, -0.2) is 30.1 Å². The molecule has 1 aromatic rings. The molecule has 1 rings (SSSR count). The quantitative estimate of drug-likeness (QED) is 0.779. The van der Waals surface area contributed by atoms with Crippen LogP contribution in [-0.2, 0) is 6.54 Å². The lowest BCUT2D eigenvalue weighted by Gasteiger charge is -2.30. The molecule has 0 bridgehead atoms. The number of halogens is 1. The molecule has 0 aliphatic heterocycles. The normalized spacial score (nSPS) is 11.3. The number of hydrogen-bond acceptors (Lipinski definition) is 3. The maximum Gasteiger partial charge on any atom is 0.127 e. The van der Waals surface area contributed by atoms with Crippen molar-refractivity contribution < 1.29 is 4.39 Å². The predicted molar refractivity (Wildman–Crippen MR) is 79.8 cm³/mol. The second-order valence-corrected chi connectivity index (χ2v) is 5.52. The Kier molecular flexibility index (Phi) is 6.63. The van der Waals surface area contributed by atoms with Crippen molar-refractivity contribution in [3.05, 3.63) is 35.1 Å². The number of hydrogen-bond donors (Lipinski definition) is 1. The van der Waals surface area contributed by atoms with E-state index in [0.29, 0.717) is 29.8 Å². The van der Waals surface area contributed by atoms with Gasteiger partial charge in [-0.2, -0.15) is 5.26 Å². The van der Waals surface area contributed by atoms with E-state index in [1.165, 1.54) is 12.1 Å². The molecule has 0 radical (unpaired) electrons. The van der Waals surface area contributed by atoms with Crippen LogP contribution in [0.15, 0.2) is 18.2 Å². The third-order valence-corrected chi connectivity index (χ3v) is 3.36. The molecule has 0 saturated heterocycles. The number of benzene rings is 1. The van der Waals surface area contributed by atoms with Crippen molar-refractivity contribution in [3.63, 3.8) is 0 Å². The van der Waals surface area contributed by atoms with Crippen molar-refractivity contribution in [2.45, 2.75) is 46.3 Å². The van der Waals surface area contributed by atoms with Gasteiger partial charge in [0.1, 0.15) is 5.82 Å². The maximum absolute atomic E-state index is 13.6. The molecule has 0 fully saturated rings. The van der Waals surface area contributed by atoms with Gasteiger partial charge in [-0.3, -0.25) is 4.90 Å². The van der Waals surface area contributed by atoms with Gasteiger partial charge in [0.05, 0.1) is 11.6 Å². The van der Waals surface area contributed by atoms with E-state index in [1.807, 2.05) is 6.07 Å². The standard InChI is InChI=1S/C16H24FN3/c1-12(2)20(13(3)4)8-7-19-11-15-9-14(10-18)5-6-16(15)17/h5-6,9,12-13,19H,7-8,11H2,1-4H3. The highest BCUT2D eigenvalue weighted by Gasteiger charge is 2.12. The Labute approximate surface area is 121 Å². The zero-order valence-electron chi connectivity index (χ0n) is 12.8. The fourth-order valence-electron chi connectivity index (χ4n) is 2.32. The minimum atomic E-state index is -0.263. The summed E-state index contributed by atoms with van der Waals surface area (Å²) in [6.07, 6.45) is 0. The number of nitrogens with one attached hydrogen (secondary N) is 1. The highest BCUT2D eigenvalue weighted by atomic mass is 19.1. The van der Waals surface area contributed by atoms with Crippen molar-refractivity contribution in [2.75, 3.05) is 13.1 Å². The Morgan fingerprint density at radius 3 is 2.45 bits per heavy atom. The van der Waals surface area contributed by atoms with Crippen LogP contribution >= 0.6 is 0 Å². The summed E-state index contributed by atoms with van der Waals surface area (Å²) in [5.74, 6) is -0.263. The highest BCUT2D eigenvalue weighted by molar-refractivity contribution is 5.33. The Balaban J connectivity index is 2.47. The third-order valence-electron chi connectivity index (χ3n) is 3.36. The first-order valence-electron chi connectivity index (χ1n) is 7.10. The van der Waals surface area contributed by atoms with Gasteiger partial charge in [0, 0.05) is 37.3 Å². The molecule has 1 N–H and O–H groups in total. The van der Waals surface area contributed by atoms with Crippen molar-refractivity contribution in [2.24, 2.45) is 0 Å². The largest absolute Gasteiger partial charge is 0.311 e. The van der Waals surface area contributed by atoms with Gasteiger partial charge in [0.25, 0.3) is 0 Å². The number of rotatable bonds is 7. The number of nitriles is 1. The van der Waals surface area contributed by atoms with Crippen molar-refractivity contribution >= 4 is 0 Å². The molecule has 0 aromatic heterocycles. The summed E-state index contributed by atoms with van der Waals surface area (Å²) in [5, 5.41) is 12.1. The van der Waals surface area contributed by atoms with Gasteiger partial charge in [-0.25, -0.2) is 4.39 Å². The lowest BCUT2D eigenvalue weighted by atomic mass is 10.1. The van der Waals surface area contributed by atoms with Gasteiger partial charge in [-0.1, -0.05) is 0 Å². The van der Waals surface area contributed by atoms with Gasteiger partial charge in [0.2, 0.25) is 0 Å². The van der Waals surface area contributed by atoms with Crippen LogP contribution in [0.2, 0.25) is 0 Å². The zero-order valence-corrected chi connectivity index (χ0v) is 12.8. The average molecular weight is 277 g/mol. The summed E-state index contributed by atoms with van der Waals surface area (Å²) in [6.45, 7) is 10.9. The van der Waals surface area contributed by atoms with E-state index in [1.54, 1.807) is 6.07 Å². The Hall–Kier alpha value is -1.44. The van der Waals surface area contributed by atoms with E-state index in [9.17, 15) is 4.39 Å². The molecule has 0 atom stereocenters. The molecule has 4 heteroatoms. The van der Waals surface area contributed by atoms with Gasteiger partial charge in [-0.05, 0) is 45.9 Å². The van der Waals surface area contributed by atoms with E-state index in [-0.39, 0.29) is 5.82 Å². The first-order chi connectivity index (χ1) is 9.45. The molecule has 0 aliphatic carbocycles. The van der Waals surface area contributed by atoms with Crippen molar-refractivity contribution in [3.8, 4) is 6.07 Å². The van der Waals surface area contributed by atoms with Crippen LogP contribution in [0.1, 0.15) is 38.8 Å². The summed E-state index contributed by atoms with van der Waals surface area (Å²) in [5.41, 5.74) is 1.04. The van der Waals surface area contributed by atoms with E-state index >= 15 is 0 Å². The van der Waals surface area contributed by atoms with Crippen LogP contribution in [0.5, 0.6) is 0 Å². The summed E-state index contributed by atoms with van der Waals surface area (Å²) in [7, 11) is 0. The van der Waals surface area contributed by atoms with E-state index in [2.05, 4.69) is 37.9 Å². The van der Waals surface area contributed by atoms with Crippen molar-refractivity contribution in [1.82, 2.24) is 10.2 Å². The predicted octanol–water partition coefficient (Wildman–Crippen LogP) is 2.91. The van der Waals surface area contributed by atoms with E-state index in [4.69, 9.17) is 5.26 Å². The Bertz CT molecular complexity index is 455.